The Morgan fingerprint density at radius 2 is 1.80 bits per heavy atom. The largest absolute Gasteiger partial charge is 0.388 e. The predicted molar refractivity (Wildman–Crippen MR) is 68.4 cm³/mol. The van der Waals surface area contributed by atoms with Crippen LogP contribution < -0.4 is 5.32 Å². The van der Waals surface area contributed by atoms with Gasteiger partial charge in [0, 0.05) is 24.1 Å². The van der Waals surface area contributed by atoms with Crippen molar-refractivity contribution in [2.24, 2.45) is 10.8 Å². The van der Waals surface area contributed by atoms with Crippen LogP contribution in [0, 0.1) is 23.2 Å². The van der Waals surface area contributed by atoms with Crippen LogP contribution >= 0.6 is 0 Å². The van der Waals surface area contributed by atoms with E-state index in [1.807, 2.05) is 0 Å². The minimum atomic E-state index is 0.127. The second kappa shape index (κ2) is 5.26. The summed E-state index contributed by atoms with van der Waals surface area (Å²) in [6.45, 7) is 15.9. The molecule has 0 fully saturated rings. The average molecular weight is 207 g/mol. The van der Waals surface area contributed by atoms with E-state index in [0.29, 0.717) is 0 Å². The quantitative estimate of drug-likeness (QED) is 0.680. The Morgan fingerprint density at radius 3 is 2.20 bits per heavy atom. The van der Waals surface area contributed by atoms with Crippen molar-refractivity contribution in [3.05, 3.63) is 12.3 Å². The van der Waals surface area contributed by atoms with E-state index in [2.05, 4.69) is 52.4 Å². The van der Waals surface area contributed by atoms with Crippen LogP contribution in [0.3, 0.4) is 0 Å². The third kappa shape index (κ3) is 6.23. The van der Waals surface area contributed by atoms with Gasteiger partial charge >= 0.3 is 0 Å². The molecule has 0 aliphatic heterocycles. The van der Waals surface area contributed by atoms with E-state index in [0.717, 1.165) is 25.1 Å². The van der Waals surface area contributed by atoms with Crippen molar-refractivity contribution in [3.8, 4) is 12.3 Å². The van der Waals surface area contributed by atoms with E-state index in [9.17, 15) is 0 Å². The van der Waals surface area contributed by atoms with Crippen LogP contribution in [-0.4, -0.2) is 6.54 Å². The number of rotatable bonds is 5. The van der Waals surface area contributed by atoms with Gasteiger partial charge in [-0.15, -0.1) is 12.3 Å². The van der Waals surface area contributed by atoms with Gasteiger partial charge in [-0.05, 0) is 11.8 Å². The van der Waals surface area contributed by atoms with Crippen LogP contribution in [-0.2, 0) is 0 Å². The molecule has 0 aromatic rings. The maximum atomic E-state index is 5.27. The Balaban J connectivity index is 4.05. The molecule has 0 aliphatic rings. The molecule has 86 valence electrons. The van der Waals surface area contributed by atoms with Crippen LogP contribution in [0.1, 0.15) is 47.5 Å². The second-order valence-corrected chi connectivity index (χ2v) is 5.95. The van der Waals surface area contributed by atoms with Crippen LogP contribution in [0.5, 0.6) is 0 Å². The van der Waals surface area contributed by atoms with Gasteiger partial charge in [0.2, 0.25) is 0 Å². The summed E-state index contributed by atoms with van der Waals surface area (Å²) < 4.78 is 0. The zero-order valence-corrected chi connectivity index (χ0v) is 10.9. The third-order valence-corrected chi connectivity index (χ3v) is 2.63. The zero-order chi connectivity index (χ0) is 12.1. The smallest absolute Gasteiger partial charge is 0.0195 e. The average Bonchev–Trinajstić information content (AvgIpc) is 2.09. The molecule has 0 saturated heterocycles. The summed E-state index contributed by atoms with van der Waals surface area (Å²) in [5.74, 6) is 2.69. The molecule has 0 spiro atoms. The van der Waals surface area contributed by atoms with Crippen molar-refractivity contribution < 1.29 is 0 Å². The second-order valence-electron chi connectivity index (χ2n) is 5.95. The summed E-state index contributed by atoms with van der Waals surface area (Å²) >= 11 is 0. The Bertz CT molecular complexity index is 247. The molecule has 0 aromatic carbocycles. The van der Waals surface area contributed by atoms with E-state index < -0.39 is 0 Å². The van der Waals surface area contributed by atoms with Crippen LogP contribution in [0.4, 0.5) is 0 Å². The lowest BCUT2D eigenvalue weighted by Gasteiger charge is -2.29. The minimum Gasteiger partial charge on any atom is -0.388 e. The van der Waals surface area contributed by atoms with E-state index in [1.165, 1.54) is 0 Å². The predicted octanol–water partition coefficient (Wildman–Crippen LogP) is 3.58. The first-order chi connectivity index (χ1) is 6.69. The summed E-state index contributed by atoms with van der Waals surface area (Å²) in [5, 5.41) is 3.41. The first-order valence-corrected chi connectivity index (χ1v) is 5.56. The molecule has 0 aliphatic carbocycles. The van der Waals surface area contributed by atoms with Gasteiger partial charge in [0.25, 0.3) is 0 Å². The first kappa shape index (κ1) is 14.1. The van der Waals surface area contributed by atoms with Gasteiger partial charge < -0.3 is 5.32 Å². The summed E-state index contributed by atoms with van der Waals surface area (Å²) in [6.07, 6.45) is 7.17. The fraction of sp³-hybridized carbons (Fsp3) is 0.714. The van der Waals surface area contributed by atoms with Crippen molar-refractivity contribution in [1.82, 2.24) is 5.32 Å². The molecular weight excluding hydrogens is 182 g/mol. The van der Waals surface area contributed by atoms with Crippen molar-refractivity contribution in [2.75, 3.05) is 6.54 Å². The molecular formula is C14H25N. The third-order valence-electron chi connectivity index (χ3n) is 2.63. The van der Waals surface area contributed by atoms with Crippen molar-refractivity contribution >= 4 is 0 Å². The lowest BCUT2D eigenvalue weighted by atomic mass is 9.86. The lowest BCUT2D eigenvalue weighted by Crippen LogP contribution is -2.32. The summed E-state index contributed by atoms with van der Waals surface area (Å²) in [5.41, 5.74) is 1.46. The molecule has 0 saturated carbocycles. The number of hydrogen-bond acceptors (Lipinski definition) is 1. The Labute approximate surface area is 95.3 Å². The maximum absolute atomic E-state index is 5.27. The van der Waals surface area contributed by atoms with Gasteiger partial charge in [-0.2, -0.15) is 0 Å². The maximum Gasteiger partial charge on any atom is 0.0195 e. The standard InChI is InChI=1S/C14H25N/c1-8-9-10-14(6,7)11-15-12(2)13(3,4)5/h1,15H,2,9-11H2,3-7H3. The minimum absolute atomic E-state index is 0.127. The molecule has 0 aromatic heterocycles. The van der Waals surface area contributed by atoms with Crippen LogP contribution in [0.15, 0.2) is 12.3 Å². The molecule has 0 heterocycles. The topological polar surface area (TPSA) is 12.0 Å². The highest BCUT2D eigenvalue weighted by molar-refractivity contribution is 5.03. The van der Waals surface area contributed by atoms with Gasteiger partial charge in [-0.1, -0.05) is 41.2 Å². The Morgan fingerprint density at radius 1 is 1.27 bits per heavy atom. The molecule has 0 rings (SSSR count). The van der Waals surface area contributed by atoms with Gasteiger partial charge in [0.1, 0.15) is 0 Å². The summed E-state index contributed by atoms with van der Waals surface area (Å²) in [4.78, 5) is 0. The number of hydrogen-bond donors (Lipinski definition) is 1. The molecule has 0 amide bonds. The molecule has 1 N–H and O–H groups in total. The fourth-order valence-corrected chi connectivity index (χ4v) is 1.11. The SMILES string of the molecule is C#CCCC(C)(C)CNC(=C)C(C)(C)C. The van der Waals surface area contributed by atoms with Gasteiger partial charge in [-0.3, -0.25) is 0 Å². The normalized spacial score (nSPS) is 12.0. The zero-order valence-electron chi connectivity index (χ0n) is 10.9. The van der Waals surface area contributed by atoms with Gasteiger partial charge in [0.05, 0.1) is 0 Å². The molecule has 0 unspecified atom stereocenters. The van der Waals surface area contributed by atoms with Crippen molar-refractivity contribution in [2.45, 2.75) is 47.5 Å². The van der Waals surface area contributed by atoms with E-state index in [1.54, 1.807) is 0 Å². The Kier molecular flexibility index (Phi) is 4.94. The van der Waals surface area contributed by atoms with E-state index in [4.69, 9.17) is 6.42 Å². The molecule has 0 atom stereocenters. The van der Waals surface area contributed by atoms with E-state index >= 15 is 0 Å². The first-order valence-electron chi connectivity index (χ1n) is 5.56. The van der Waals surface area contributed by atoms with Crippen LogP contribution in [0.25, 0.3) is 0 Å². The highest BCUT2D eigenvalue weighted by Crippen LogP contribution is 2.25. The van der Waals surface area contributed by atoms with Crippen molar-refractivity contribution in [1.29, 1.82) is 0 Å². The molecule has 0 radical (unpaired) electrons. The fourth-order valence-electron chi connectivity index (χ4n) is 1.11. The molecule has 1 nitrogen and oxygen atoms in total. The molecule has 15 heavy (non-hydrogen) atoms. The highest BCUT2D eigenvalue weighted by Gasteiger charge is 2.20. The monoisotopic (exact) mass is 207 g/mol. The highest BCUT2D eigenvalue weighted by atomic mass is 14.9. The van der Waals surface area contributed by atoms with Crippen LogP contribution in [0.2, 0.25) is 0 Å². The van der Waals surface area contributed by atoms with E-state index in [-0.39, 0.29) is 10.8 Å². The molecule has 1 heteroatoms. The van der Waals surface area contributed by atoms with Crippen molar-refractivity contribution in [3.63, 3.8) is 0 Å². The van der Waals surface area contributed by atoms with Gasteiger partial charge in [0.15, 0.2) is 0 Å². The summed E-state index contributed by atoms with van der Waals surface area (Å²) in [7, 11) is 0. The number of allylic oxidation sites excluding steroid dienone is 1. The number of nitrogens with one attached hydrogen (secondary N) is 1. The van der Waals surface area contributed by atoms with Gasteiger partial charge in [-0.25, -0.2) is 0 Å². The summed E-state index contributed by atoms with van der Waals surface area (Å²) in [6, 6.07) is 0. The Hall–Kier alpha value is -0.900. The lowest BCUT2D eigenvalue weighted by molar-refractivity contribution is 0.315. The molecule has 0 bridgehead atoms. The number of terminal acetylenes is 1.